The van der Waals surface area contributed by atoms with Crippen molar-refractivity contribution < 1.29 is 5.11 Å². The fraction of sp³-hybridized carbons (Fsp3) is 1.00. The second-order valence-corrected chi connectivity index (χ2v) is 6.30. The number of hydrogen-bond donors (Lipinski definition) is 2. The fourth-order valence-electron chi connectivity index (χ4n) is 3.09. The number of likely N-dealkylation sites (tertiary alicyclic amines) is 1. The molecule has 1 aliphatic heterocycles. The molecule has 1 heterocycles. The van der Waals surface area contributed by atoms with Crippen LogP contribution in [0.4, 0.5) is 0 Å². The van der Waals surface area contributed by atoms with Crippen LogP contribution in [-0.2, 0) is 0 Å². The molecule has 3 nitrogen and oxygen atoms in total. The summed E-state index contributed by atoms with van der Waals surface area (Å²) in [5.41, 5.74) is 0. The zero-order chi connectivity index (χ0) is 13.0. The van der Waals surface area contributed by atoms with Crippen LogP contribution in [0.5, 0.6) is 0 Å². The Balaban J connectivity index is 1.78. The first kappa shape index (κ1) is 14.3. The van der Waals surface area contributed by atoms with Crippen molar-refractivity contribution in [3.8, 4) is 0 Å². The highest BCUT2D eigenvalue weighted by Crippen LogP contribution is 2.28. The second kappa shape index (κ2) is 6.88. The molecule has 3 unspecified atom stereocenters. The van der Waals surface area contributed by atoms with E-state index in [2.05, 4.69) is 24.1 Å². The highest BCUT2D eigenvalue weighted by Gasteiger charge is 2.29. The molecule has 2 fully saturated rings. The lowest BCUT2D eigenvalue weighted by Gasteiger charge is -2.38. The molecule has 0 radical (unpaired) electrons. The van der Waals surface area contributed by atoms with E-state index in [0.717, 1.165) is 25.3 Å². The van der Waals surface area contributed by atoms with Gasteiger partial charge < -0.3 is 15.3 Å². The zero-order valence-electron chi connectivity index (χ0n) is 12.1. The Kier molecular flexibility index (Phi) is 5.46. The number of nitrogens with one attached hydrogen (secondary N) is 1. The normalized spacial score (nSPS) is 31.5. The largest absolute Gasteiger partial charge is 0.393 e. The van der Waals surface area contributed by atoms with Crippen molar-refractivity contribution >= 4 is 0 Å². The number of rotatable bonds is 7. The van der Waals surface area contributed by atoms with Gasteiger partial charge in [0.2, 0.25) is 0 Å². The first-order valence-corrected chi connectivity index (χ1v) is 7.85. The van der Waals surface area contributed by atoms with Crippen LogP contribution in [0.2, 0.25) is 0 Å². The van der Waals surface area contributed by atoms with Crippen LogP contribution in [-0.4, -0.2) is 48.3 Å². The SMILES string of the molecule is CCC(O)CC1CC(NCC2CC2)CN(CC)C1. The van der Waals surface area contributed by atoms with Gasteiger partial charge in [-0.15, -0.1) is 0 Å². The molecule has 0 aromatic rings. The summed E-state index contributed by atoms with van der Waals surface area (Å²) in [6, 6.07) is 0.647. The first-order valence-electron chi connectivity index (χ1n) is 7.85. The van der Waals surface area contributed by atoms with Crippen molar-refractivity contribution in [2.45, 2.75) is 58.1 Å². The molecule has 1 aliphatic carbocycles. The van der Waals surface area contributed by atoms with Crippen molar-refractivity contribution in [1.82, 2.24) is 10.2 Å². The third kappa shape index (κ3) is 4.52. The standard InChI is InChI=1S/C15H30N2O/c1-3-15(18)8-13-7-14(11-17(4-2)10-13)16-9-12-5-6-12/h12-16,18H,3-11H2,1-2H3. The van der Waals surface area contributed by atoms with Gasteiger partial charge in [0, 0.05) is 19.1 Å². The predicted octanol–water partition coefficient (Wildman–Crippen LogP) is 1.86. The van der Waals surface area contributed by atoms with Crippen LogP contribution in [0.3, 0.4) is 0 Å². The molecule has 3 heteroatoms. The fourth-order valence-corrected chi connectivity index (χ4v) is 3.09. The van der Waals surface area contributed by atoms with Crippen molar-refractivity contribution in [1.29, 1.82) is 0 Å². The van der Waals surface area contributed by atoms with Gasteiger partial charge in [-0.25, -0.2) is 0 Å². The Bertz CT molecular complexity index is 241. The topological polar surface area (TPSA) is 35.5 Å². The van der Waals surface area contributed by atoms with E-state index in [1.54, 1.807) is 0 Å². The van der Waals surface area contributed by atoms with Gasteiger partial charge in [0.05, 0.1) is 6.10 Å². The molecule has 3 atom stereocenters. The summed E-state index contributed by atoms with van der Waals surface area (Å²) in [4.78, 5) is 2.54. The van der Waals surface area contributed by atoms with Crippen molar-refractivity contribution in [3.05, 3.63) is 0 Å². The molecule has 1 saturated heterocycles. The van der Waals surface area contributed by atoms with Crippen LogP contribution in [0, 0.1) is 11.8 Å². The van der Waals surface area contributed by atoms with Gasteiger partial charge in [-0.1, -0.05) is 13.8 Å². The molecular formula is C15H30N2O. The van der Waals surface area contributed by atoms with Crippen LogP contribution < -0.4 is 5.32 Å². The zero-order valence-corrected chi connectivity index (χ0v) is 12.1. The average Bonchev–Trinajstić information content (AvgIpc) is 3.20. The molecule has 0 aromatic heterocycles. The van der Waals surface area contributed by atoms with Crippen molar-refractivity contribution in [2.24, 2.45) is 11.8 Å². The summed E-state index contributed by atoms with van der Waals surface area (Å²) < 4.78 is 0. The molecule has 106 valence electrons. The Labute approximate surface area is 112 Å². The summed E-state index contributed by atoms with van der Waals surface area (Å²) in [6.07, 6.45) is 5.87. The van der Waals surface area contributed by atoms with Crippen molar-refractivity contribution in [2.75, 3.05) is 26.2 Å². The molecule has 2 aliphatic rings. The maximum absolute atomic E-state index is 9.84. The van der Waals surface area contributed by atoms with E-state index < -0.39 is 0 Å². The molecule has 18 heavy (non-hydrogen) atoms. The summed E-state index contributed by atoms with van der Waals surface area (Å²) in [5, 5.41) is 13.6. The van der Waals surface area contributed by atoms with E-state index in [9.17, 15) is 5.11 Å². The van der Waals surface area contributed by atoms with Crippen molar-refractivity contribution in [3.63, 3.8) is 0 Å². The first-order chi connectivity index (χ1) is 8.71. The maximum Gasteiger partial charge on any atom is 0.0540 e. The van der Waals surface area contributed by atoms with E-state index in [-0.39, 0.29) is 6.10 Å². The summed E-state index contributed by atoms with van der Waals surface area (Å²) in [6.45, 7) is 9.05. The molecule has 0 amide bonds. The smallest absolute Gasteiger partial charge is 0.0540 e. The second-order valence-electron chi connectivity index (χ2n) is 6.30. The number of nitrogens with zero attached hydrogens (tertiary/aromatic N) is 1. The molecule has 0 spiro atoms. The Morgan fingerprint density at radius 2 is 2.00 bits per heavy atom. The highest BCUT2D eigenvalue weighted by atomic mass is 16.3. The molecule has 0 bridgehead atoms. The quantitative estimate of drug-likeness (QED) is 0.728. The van der Waals surface area contributed by atoms with Crippen LogP contribution in [0.1, 0.15) is 46.0 Å². The van der Waals surface area contributed by atoms with Gasteiger partial charge >= 0.3 is 0 Å². The van der Waals surface area contributed by atoms with Gasteiger partial charge in [0.1, 0.15) is 0 Å². The van der Waals surface area contributed by atoms with Crippen LogP contribution in [0.15, 0.2) is 0 Å². The minimum atomic E-state index is -0.101. The van der Waals surface area contributed by atoms with Gasteiger partial charge in [-0.05, 0) is 57.0 Å². The lowest BCUT2D eigenvalue weighted by molar-refractivity contribution is 0.0861. The van der Waals surface area contributed by atoms with E-state index >= 15 is 0 Å². The average molecular weight is 254 g/mol. The lowest BCUT2D eigenvalue weighted by atomic mass is 9.89. The summed E-state index contributed by atoms with van der Waals surface area (Å²) in [5.74, 6) is 1.63. The predicted molar refractivity (Wildman–Crippen MR) is 75.7 cm³/mol. The minimum Gasteiger partial charge on any atom is -0.393 e. The third-order valence-corrected chi connectivity index (χ3v) is 4.53. The number of likely N-dealkylation sites (N-methyl/N-ethyl adjacent to an activating group) is 1. The Hall–Kier alpha value is -0.120. The van der Waals surface area contributed by atoms with E-state index in [4.69, 9.17) is 0 Å². The summed E-state index contributed by atoms with van der Waals surface area (Å²) in [7, 11) is 0. The Morgan fingerprint density at radius 1 is 1.22 bits per heavy atom. The monoisotopic (exact) mass is 254 g/mol. The molecule has 2 N–H and O–H groups in total. The maximum atomic E-state index is 9.84. The third-order valence-electron chi connectivity index (χ3n) is 4.53. The van der Waals surface area contributed by atoms with E-state index in [1.807, 2.05) is 0 Å². The molecular weight excluding hydrogens is 224 g/mol. The Morgan fingerprint density at radius 3 is 2.61 bits per heavy atom. The van der Waals surface area contributed by atoms with Gasteiger partial charge in [-0.2, -0.15) is 0 Å². The van der Waals surface area contributed by atoms with Gasteiger partial charge in [0.15, 0.2) is 0 Å². The lowest BCUT2D eigenvalue weighted by Crippen LogP contribution is -2.50. The van der Waals surface area contributed by atoms with E-state index in [1.165, 1.54) is 38.9 Å². The van der Waals surface area contributed by atoms with Gasteiger partial charge in [-0.3, -0.25) is 0 Å². The molecule has 1 saturated carbocycles. The number of aliphatic hydroxyl groups is 1. The van der Waals surface area contributed by atoms with Crippen LogP contribution >= 0.6 is 0 Å². The molecule has 0 aromatic carbocycles. The summed E-state index contributed by atoms with van der Waals surface area (Å²) >= 11 is 0. The van der Waals surface area contributed by atoms with Gasteiger partial charge in [0.25, 0.3) is 0 Å². The number of aliphatic hydroxyl groups excluding tert-OH is 1. The molecule has 2 rings (SSSR count). The van der Waals surface area contributed by atoms with E-state index in [0.29, 0.717) is 12.0 Å². The number of hydrogen-bond acceptors (Lipinski definition) is 3. The number of piperidine rings is 1. The highest BCUT2D eigenvalue weighted by molar-refractivity contribution is 4.86. The minimum absolute atomic E-state index is 0.101. The van der Waals surface area contributed by atoms with Crippen LogP contribution in [0.25, 0.3) is 0 Å².